The quantitative estimate of drug-likeness (QED) is 0.505. The fourth-order valence-corrected chi connectivity index (χ4v) is 3.77. The summed E-state index contributed by atoms with van der Waals surface area (Å²) < 4.78 is 1.25. The summed E-state index contributed by atoms with van der Waals surface area (Å²) in [7, 11) is 0. The Morgan fingerprint density at radius 3 is 2.13 bits per heavy atom. The number of aromatic nitrogens is 1. The lowest BCUT2D eigenvalue weighted by molar-refractivity contribution is 0.0679. The van der Waals surface area contributed by atoms with E-state index in [1.807, 2.05) is 49.4 Å². The average molecular weight is 413 g/mol. The van der Waals surface area contributed by atoms with Gasteiger partial charge in [0.05, 0.1) is 12.1 Å². The number of carbonyl (C=O) groups is 2. The van der Waals surface area contributed by atoms with Crippen LogP contribution in [0.2, 0.25) is 0 Å². The zero-order valence-electron chi connectivity index (χ0n) is 16.7. The summed E-state index contributed by atoms with van der Waals surface area (Å²) in [6.45, 7) is 1.90. The fraction of sp³-hybridized carbons (Fsp3) is 0.0800. The van der Waals surface area contributed by atoms with Crippen LogP contribution in [0.3, 0.4) is 0 Å². The Bertz CT molecular complexity index is 1370. The van der Waals surface area contributed by atoms with E-state index in [2.05, 4.69) is 0 Å². The Hall–Kier alpha value is -4.19. The Morgan fingerprint density at radius 2 is 1.52 bits per heavy atom. The molecule has 1 aromatic heterocycles. The maximum absolute atomic E-state index is 13.3. The normalized spacial score (nSPS) is 10.9. The van der Waals surface area contributed by atoms with Gasteiger partial charge in [-0.15, -0.1) is 0 Å². The van der Waals surface area contributed by atoms with E-state index in [0.717, 1.165) is 5.56 Å². The van der Waals surface area contributed by atoms with Gasteiger partial charge in [0, 0.05) is 10.9 Å². The van der Waals surface area contributed by atoms with E-state index in [1.54, 1.807) is 18.2 Å². The first kappa shape index (κ1) is 20.1. The van der Waals surface area contributed by atoms with Crippen LogP contribution in [-0.2, 0) is 6.54 Å². The van der Waals surface area contributed by atoms with E-state index >= 15 is 0 Å². The van der Waals surface area contributed by atoms with Crippen molar-refractivity contribution in [1.82, 2.24) is 4.57 Å². The molecule has 0 amide bonds. The highest BCUT2D eigenvalue weighted by Gasteiger charge is 2.23. The second-order valence-corrected chi connectivity index (χ2v) is 7.34. The van der Waals surface area contributed by atoms with Crippen LogP contribution in [0.4, 0.5) is 0 Å². The van der Waals surface area contributed by atoms with Crippen molar-refractivity contribution in [3.05, 3.63) is 106 Å². The molecule has 6 nitrogen and oxygen atoms in total. The Labute approximate surface area is 177 Å². The molecule has 0 aliphatic heterocycles. The maximum atomic E-state index is 13.3. The zero-order chi connectivity index (χ0) is 22.1. The summed E-state index contributed by atoms with van der Waals surface area (Å²) in [5.41, 5.74) is 2.33. The van der Waals surface area contributed by atoms with Crippen LogP contribution >= 0.6 is 0 Å². The Morgan fingerprint density at radius 1 is 0.839 bits per heavy atom. The van der Waals surface area contributed by atoms with Crippen LogP contribution in [0.15, 0.2) is 77.6 Å². The van der Waals surface area contributed by atoms with E-state index < -0.39 is 17.5 Å². The molecule has 0 fully saturated rings. The van der Waals surface area contributed by atoms with Crippen molar-refractivity contribution in [3.63, 3.8) is 0 Å². The van der Waals surface area contributed by atoms with Crippen molar-refractivity contribution in [1.29, 1.82) is 0 Å². The number of aryl methyl sites for hydroxylation is 1. The molecule has 1 heterocycles. The lowest BCUT2D eigenvalue weighted by Gasteiger charge is -2.18. The maximum Gasteiger partial charge on any atom is 0.353 e. The third-order valence-corrected chi connectivity index (χ3v) is 5.23. The van der Waals surface area contributed by atoms with Gasteiger partial charge in [0.15, 0.2) is 0 Å². The number of pyridine rings is 1. The summed E-state index contributed by atoms with van der Waals surface area (Å²) >= 11 is 0. The molecule has 0 radical (unpaired) electrons. The molecule has 4 aromatic rings. The summed E-state index contributed by atoms with van der Waals surface area (Å²) in [4.78, 5) is 36.8. The molecule has 2 N–H and O–H groups in total. The van der Waals surface area contributed by atoms with Crippen LogP contribution in [0, 0.1) is 6.92 Å². The molecule has 6 heteroatoms. The molecule has 0 unspecified atom stereocenters. The minimum atomic E-state index is -1.21. The second-order valence-electron chi connectivity index (χ2n) is 7.34. The highest BCUT2D eigenvalue weighted by Crippen LogP contribution is 2.31. The van der Waals surface area contributed by atoms with Gasteiger partial charge in [-0.05, 0) is 41.6 Å². The van der Waals surface area contributed by atoms with Crippen molar-refractivity contribution < 1.29 is 19.8 Å². The lowest BCUT2D eigenvalue weighted by atomic mass is 9.95. The molecular formula is C25H19NO5. The number of rotatable bonds is 5. The molecular weight excluding hydrogens is 394 g/mol. The van der Waals surface area contributed by atoms with E-state index in [4.69, 9.17) is 5.11 Å². The minimum absolute atomic E-state index is 0.00398. The summed E-state index contributed by atoms with van der Waals surface area (Å²) in [6.07, 6.45) is 0. The van der Waals surface area contributed by atoms with Crippen LogP contribution < -0.4 is 5.56 Å². The number of hydrogen-bond acceptors (Lipinski definition) is 3. The zero-order valence-corrected chi connectivity index (χ0v) is 16.7. The first-order valence-electron chi connectivity index (χ1n) is 9.65. The van der Waals surface area contributed by atoms with Gasteiger partial charge in [0.1, 0.15) is 5.69 Å². The molecule has 0 saturated heterocycles. The van der Waals surface area contributed by atoms with Crippen molar-refractivity contribution in [3.8, 4) is 11.1 Å². The molecule has 4 rings (SSSR count). The topological polar surface area (TPSA) is 96.6 Å². The highest BCUT2D eigenvalue weighted by atomic mass is 16.4. The Kier molecular flexibility index (Phi) is 5.13. The van der Waals surface area contributed by atoms with E-state index in [1.165, 1.54) is 16.7 Å². The molecule has 3 aromatic carbocycles. The number of benzene rings is 3. The number of fused-ring (bicyclic) bond motifs is 1. The number of nitrogens with zero attached hydrogens (tertiary/aromatic N) is 1. The van der Waals surface area contributed by atoms with Crippen LogP contribution in [0.1, 0.15) is 32.0 Å². The van der Waals surface area contributed by atoms with Gasteiger partial charge in [-0.3, -0.25) is 9.36 Å². The number of hydrogen-bond donors (Lipinski definition) is 2. The van der Waals surface area contributed by atoms with Crippen molar-refractivity contribution in [2.24, 2.45) is 0 Å². The molecule has 0 saturated carbocycles. The monoisotopic (exact) mass is 413 g/mol. The number of carboxylic acid groups (broad SMARTS) is 2. The molecule has 154 valence electrons. The van der Waals surface area contributed by atoms with Gasteiger partial charge in [0.2, 0.25) is 0 Å². The van der Waals surface area contributed by atoms with Crippen LogP contribution in [0.25, 0.3) is 21.9 Å². The fourth-order valence-electron chi connectivity index (χ4n) is 3.77. The van der Waals surface area contributed by atoms with Crippen LogP contribution in [-0.4, -0.2) is 26.7 Å². The third kappa shape index (κ3) is 3.71. The summed E-state index contributed by atoms with van der Waals surface area (Å²) in [5, 5.41) is 20.2. The summed E-state index contributed by atoms with van der Waals surface area (Å²) in [5.74, 6) is -2.26. The molecule has 0 aliphatic rings. The second kappa shape index (κ2) is 7.91. The number of aromatic carboxylic acids is 2. The Balaban J connectivity index is 2.03. The van der Waals surface area contributed by atoms with E-state index in [-0.39, 0.29) is 17.8 Å². The standard InChI is InChI=1S/C25H19NO5/c1-15-7-12-19-20(13-15)21(17-5-3-2-4-6-17)22(25(30)31)26(23(19)27)14-16-8-10-18(11-9-16)24(28)29/h2-13H,14H2,1H3,(H,28,29)(H,30,31). The molecule has 31 heavy (non-hydrogen) atoms. The predicted octanol–water partition coefficient (Wildman–Crippen LogP) is 4.42. The van der Waals surface area contributed by atoms with Gasteiger partial charge in [-0.1, -0.05) is 60.2 Å². The predicted molar refractivity (Wildman–Crippen MR) is 118 cm³/mol. The van der Waals surface area contributed by atoms with Gasteiger partial charge in [-0.2, -0.15) is 0 Å². The minimum Gasteiger partial charge on any atom is -0.478 e. The first-order valence-corrected chi connectivity index (χ1v) is 9.65. The van der Waals surface area contributed by atoms with E-state index in [9.17, 15) is 19.5 Å². The van der Waals surface area contributed by atoms with E-state index in [0.29, 0.717) is 27.5 Å². The van der Waals surface area contributed by atoms with Crippen molar-refractivity contribution in [2.75, 3.05) is 0 Å². The van der Waals surface area contributed by atoms with Gasteiger partial charge in [0.25, 0.3) is 5.56 Å². The third-order valence-electron chi connectivity index (χ3n) is 5.23. The van der Waals surface area contributed by atoms with Crippen molar-refractivity contribution in [2.45, 2.75) is 13.5 Å². The molecule has 0 bridgehead atoms. The van der Waals surface area contributed by atoms with Crippen LogP contribution in [0.5, 0.6) is 0 Å². The molecule has 0 atom stereocenters. The summed E-state index contributed by atoms with van der Waals surface area (Å²) in [6, 6.07) is 20.5. The SMILES string of the molecule is Cc1ccc2c(=O)n(Cc3ccc(C(=O)O)cc3)c(C(=O)O)c(-c3ccccc3)c2c1. The lowest BCUT2D eigenvalue weighted by Crippen LogP contribution is -2.28. The van der Waals surface area contributed by atoms with Crippen molar-refractivity contribution >= 4 is 22.7 Å². The average Bonchev–Trinajstić information content (AvgIpc) is 2.76. The smallest absolute Gasteiger partial charge is 0.353 e. The molecule has 0 aliphatic carbocycles. The van der Waals surface area contributed by atoms with Gasteiger partial charge < -0.3 is 10.2 Å². The van der Waals surface area contributed by atoms with Gasteiger partial charge in [-0.25, -0.2) is 9.59 Å². The largest absolute Gasteiger partial charge is 0.478 e. The molecule has 0 spiro atoms. The first-order chi connectivity index (χ1) is 14.9. The highest BCUT2D eigenvalue weighted by molar-refractivity contribution is 6.06. The van der Waals surface area contributed by atoms with Gasteiger partial charge >= 0.3 is 11.9 Å². The number of carboxylic acids is 2.